The molecule has 236 valence electrons. The fourth-order valence-electron chi connectivity index (χ4n) is 8.64. The van der Waals surface area contributed by atoms with Gasteiger partial charge in [-0.15, -0.1) is 0 Å². The van der Waals surface area contributed by atoms with E-state index in [-0.39, 0.29) is 6.71 Å². The zero-order chi connectivity index (χ0) is 33.5. The molecule has 3 heteroatoms. The fraction of sp³-hybridized carbons (Fsp3) is 0. The van der Waals surface area contributed by atoms with Crippen LogP contribution in [-0.4, -0.2) is 6.71 Å². The van der Waals surface area contributed by atoms with E-state index in [2.05, 4.69) is 158 Å². The van der Waals surface area contributed by atoms with Gasteiger partial charge in [-0.25, -0.2) is 0 Å². The number of benzene rings is 9. The Hall–Kier alpha value is -6.58. The molecule has 0 bridgehead atoms. The van der Waals surface area contributed by atoms with Crippen LogP contribution in [0.1, 0.15) is 0 Å². The Kier molecular flexibility index (Phi) is 6.08. The first kappa shape index (κ1) is 28.3. The molecule has 2 aliphatic rings. The number of rotatable bonds is 3. The molecule has 0 N–H and O–H groups in total. The molecule has 0 unspecified atom stereocenters. The van der Waals surface area contributed by atoms with Crippen LogP contribution in [0.25, 0.3) is 65.7 Å². The SMILES string of the molecule is c1ccc(-c2c3ccccc3c(-c3ccccc3-c3ccc4c(c3)Oc3cccc5c3B4c3ccccc3O5)c3ccc4ccccc4c23)cc1. The Morgan fingerprint density at radius 2 is 0.980 bits per heavy atom. The zero-order valence-electron chi connectivity index (χ0n) is 27.6. The summed E-state index contributed by atoms with van der Waals surface area (Å²) in [6, 6.07) is 63.2. The molecule has 0 saturated heterocycles. The summed E-state index contributed by atoms with van der Waals surface area (Å²) in [6.07, 6.45) is 0. The normalized spacial score (nSPS) is 12.6. The van der Waals surface area contributed by atoms with Crippen molar-refractivity contribution in [3.05, 3.63) is 176 Å². The van der Waals surface area contributed by atoms with Crippen LogP contribution in [-0.2, 0) is 0 Å². The number of para-hydroxylation sites is 1. The Labute approximate surface area is 296 Å². The largest absolute Gasteiger partial charge is 0.458 e. The van der Waals surface area contributed by atoms with Gasteiger partial charge in [-0.05, 0) is 101 Å². The van der Waals surface area contributed by atoms with Crippen molar-refractivity contribution in [1.82, 2.24) is 0 Å². The van der Waals surface area contributed by atoms with Gasteiger partial charge < -0.3 is 9.47 Å². The van der Waals surface area contributed by atoms with Gasteiger partial charge in [0.1, 0.15) is 23.0 Å². The van der Waals surface area contributed by atoms with Crippen LogP contribution in [0.4, 0.5) is 0 Å². The van der Waals surface area contributed by atoms with E-state index >= 15 is 0 Å². The number of ether oxygens (including phenoxy) is 2. The summed E-state index contributed by atoms with van der Waals surface area (Å²) in [6.45, 7) is 0.0425. The van der Waals surface area contributed by atoms with E-state index in [9.17, 15) is 0 Å². The summed E-state index contributed by atoms with van der Waals surface area (Å²) in [5, 5.41) is 7.50. The molecule has 11 rings (SSSR count). The van der Waals surface area contributed by atoms with E-state index in [1.165, 1.54) is 65.6 Å². The van der Waals surface area contributed by atoms with Crippen molar-refractivity contribution in [2.24, 2.45) is 0 Å². The zero-order valence-corrected chi connectivity index (χ0v) is 27.6. The lowest BCUT2D eigenvalue weighted by Gasteiger charge is -2.33. The fourth-order valence-corrected chi connectivity index (χ4v) is 8.64. The molecule has 0 spiro atoms. The summed E-state index contributed by atoms with van der Waals surface area (Å²) >= 11 is 0. The first-order valence-electron chi connectivity index (χ1n) is 17.5. The van der Waals surface area contributed by atoms with Gasteiger partial charge in [0.25, 0.3) is 6.71 Å². The molecule has 2 nitrogen and oxygen atoms in total. The third-order valence-electron chi connectivity index (χ3n) is 10.8. The highest BCUT2D eigenvalue weighted by Crippen LogP contribution is 2.48. The molecule has 0 radical (unpaired) electrons. The highest BCUT2D eigenvalue weighted by atomic mass is 16.5. The van der Waals surface area contributed by atoms with E-state index in [4.69, 9.17) is 9.47 Å². The maximum atomic E-state index is 6.72. The third-order valence-corrected chi connectivity index (χ3v) is 10.8. The summed E-state index contributed by atoms with van der Waals surface area (Å²) in [5.41, 5.74) is 10.6. The predicted molar refractivity (Wildman–Crippen MR) is 213 cm³/mol. The molecule has 0 aliphatic carbocycles. The maximum Gasteiger partial charge on any atom is 0.260 e. The third kappa shape index (κ3) is 4.19. The number of fused-ring (bicyclic) bond motifs is 8. The van der Waals surface area contributed by atoms with E-state index in [1.807, 2.05) is 18.2 Å². The summed E-state index contributed by atoms with van der Waals surface area (Å²) in [4.78, 5) is 0. The second-order valence-electron chi connectivity index (χ2n) is 13.5. The lowest BCUT2D eigenvalue weighted by atomic mass is 9.35. The van der Waals surface area contributed by atoms with Gasteiger partial charge in [-0.3, -0.25) is 0 Å². The van der Waals surface area contributed by atoms with Crippen molar-refractivity contribution in [1.29, 1.82) is 0 Å². The minimum absolute atomic E-state index is 0.0425. The molecular formula is C48H29BO2. The average Bonchev–Trinajstić information content (AvgIpc) is 3.20. The van der Waals surface area contributed by atoms with Crippen LogP contribution in [0.15, 0.2) is 176 Å². The Bertz CT molecular complexity index is 2870. The molecule has 9 aromatic rings. The van der Waals surface area contributed by atoms with Crippen LogP contribution < -0.4 is 25.9 Å². The van der Waals surface area contributed by atoms with Crippen molar-refractivity contribution < 1.29 is 9.47 Å². The van der Waals surface area contributed by atoms with Gasteiger partial charge in [0.2, 0.25) is 0 Å². The van der Waals surface area contributed by atoms with Gasteiger partial charge in [-0.1, -0.05) is 152 Å². The monoisotopic (exact) mass is 648 g/mol. The van der Waals surface area contributed by atoms with Crippen molar-refractivity contribution in [2.45, 2.75) is 0 Å². The average molecular weight is 649 g/mol. The van der Waals surface area contributed by atoms with Crippen LogP contribution in [0.2, 0.25) is 0 Å². The minimum atomic E-state index is 0.0425. The molecule has 9 aromatic carbocycles. The lowest BCUT2D eigenvalue weighted by Crippen LogP contribution is -2.57. The Morgan fingerprint density at radius 3 is 1.82 bits per heavy atom. The van der Waals surface area contributed by atoms with E-state index in [1.54, 1.807) is 0 Å². The van der Waals surface area contributed by atoms with Crippen LogP contribution in [0.3, 0.4) is 0 Å². The van der Waals surface area contributed by atoms with E-state index in [0.29, 0.717) is 0 Å². The van der Waals surface area contributed by atoms with E-state index in [0.717, 1.165) is 39.5 Å². The highest BCUT2D eigenvalue weighted by Gasteiger charge is 2.39. The minimum Gasteiger partial charge on any atom is -0.458 e. The second kappa shape index (κ2) is 11.0. The molecule has 0 aromatic heterocycles. The number of hydrogen-bond acceptors (Lipinski definition) is 2. The van der Waals surface area contributed by atoms with Crippen molar-refractivity contribution in [2.75, 3.05) is 0 Å². The van der Waals surface area contributed by atoms with Crippen molar-refractivity contribution in [3.63, 3.8) is 0 Å². The Balaban J connectivity index is 1.17. The Morgan fingerprint density at radius 1 is 0.353 bits per heavy atom. The highest BCUT2D eigenvalue weighted by molar-refractivity contribution is 6.98. The van der Waals surface area contributed by atoms with Gasteiger partial charge in [0.15, 0.2) is 0 Å². The van der Waals surface area contributed by atoms with Gasteiger partial charge in [0.05, 0.1) is 0 Å². The second-order valence-corrected chi connectivity index (χ2v) is 13.5. The predicted octanol–water partition coefficient (Wildman–Crippen LogP) is 10.9. The summed E-state index contributed by atoms with van der Waals surface area (Å²) < 4.78 is 13.1. The topological polar surface area (TPSA) is 18.5 Å². The molecule has 0 atom stereocenters. The van der Waals surface area contributed by atoms with Crippen molar-refractivity contribution in [3.8, 4) is 56.4 Å². The van der Waals surface area contributed by atoms with Gasteiger partial charge in [-0.2, -0.15) is 0 Å². The smallest absolute Gasteiger partial charge is 0.260 e. The van der Waals surface area contributed by atoms with Crippen LogP contribution in [0.5, 0.6) is 23.0 Å². The summed E-state index contributed by atoms with van der Waals surface area (Å²) in [7, 11) is 0. The van der Waals surface area contributed by atoms with Crippen LogP contribution in [0, 0.1) is 0 Å². The van der Waals surface area contributed by atoms with Gasteiger partial charge in [0, 0.05) is 5.46 Å². The molecule has 2 aliphatic heterocycles. The summed E-state index contributed by atoms with van der Waals surface area (Å²) in [5.74, 6) is 3.50. The maximum absolute atomic E-state index is 6.72. The molecule has 0 fully saturated rings. The first-order valence-corrected chi connectivity index (χ1v) is 17.5. The quantitative estimate of drug-likeness (QED) is 0.108. The molecule has 2 heterocycles. The number of hydrogen-bond donors (Lipinski definition) is 0. The lowest BCUT2D eigenvalue weighted by molar-refractivity contribution is 0.464. The molecular weight excluding hydrogens is 619 g/mol. The molecule has 51 heavy (non-hydrogen) atoms. The van der Waals surface area contributed by atoms with Gasteiger partial charge >= 0.3 is 0 Å². The first-order chi connectivity index (χ1) is 25.3. The molecule has 0 amide bonds. The molecule has 0 saturated carbocycles. The standard InChI is InChI=1S/C48H29BO2/c1-2-14-31(15-3-1)45-36-19-8-9-20-37(36)46(38-27-25-30-13-4-5-17-34(30)47(38)45)35-18-7-6-16-33(35)32-26-28-40-44(29-32)51-43-24-12-23-42-48(43)49(40)39-21-10-11-22-41(39)50-42/h1-29H. The van der Waals surface area contributed by atoms with E-state index < -0.39 is 0 Å². The van der Waals surface area contributed by atoms with Crippen LogP contribution >= 0.6 is 0 Å². The van der Waals surface area contributed by atoms with Crippen molar-refractivity contribution >= 4 is 55.4 Å².